The highest BCUT2D eigenvalue weighted by Gasteiger charge is 2.22. The Labute approximate surface area is 142 Å². The molecule has 1 unspecified atom stereocenters. The molecule has 0 saturated carbocycles. The number of carbonyl (C=O) groups is 1. The Morgan fingerprint density at radius 2 is 2.21 bits per heavy atom. The first kappa shape index (κ1) is 16.6. The fourth-order valence-corrected chi connectivity index (χ4v) is 3.32. The Kier molecular flexibility index (Phi) is 5.25. The van der Waals surface area contributed by atoms with Crippen LogP contribution in [0.5, 0.6) is 0 Å². The molecule has 1 aromatic carbocycles. The smallest absolute Gasteiger partial charge is 0.361 e. The van der Waals surface area contributed by atoms with Crippen molar-refractivity contribution in [3.63, 3.8) is 0 Å². The van der Waals surface area contributed by atoms with Gasteiger partial charge < -0.3 is 4.74 Å². The molecular formula is C18H24N4O2. The molecule has 128 valence electrons. The van der Waals surface area contributed by atoms with E-state index in [-0.39, 0.29) is 5.69 Å². The summed E-state index contributed by atoms with van der Waals surface area (Å²) in [5, 5.41) is 10.7. The molecule has 1 saturated heterocycles. The van der Waals surface area contributed by atoms with Gasteiger partial charge in [-0.1, -0.05) is 31.2 Å². The molecule has 6 heteroatoms. The maximum absolute atomic E-state index is 12.1. The summed E-state index contributed by atoms with van der Waals surface area (Å²) >= 11 is 0. The van der Waals surface area contributed by atoms with Crippen LogP contribution in [0.3, 0.4) is 0 Å². The topological polar surface area (TPSA) is 71.1 Å². The van der Waals surface area contributed by atoms with Crippen molar-refractivity contribution in [3.8, 4) is 11.3 Å². The van der Waals surface area contributed by atoms with E-state index in [1.807, 2.05) is 18.2 Å². The van der Waals surface area contributed by atoms with Crippen molar-refractivity contribution >= 4 is 5.97 Å². The van der Waals surface area contributed by atoms with Crippen LogP contribution in [0.4, 0.5) is 0 Å². The monoisotopic (exact) mass is 328 g/mol. The molecule has 1 N–H and O–H groups in total. The summed E-state index contributed by atoms with van der Waals surface area (Å²) in [6.07, 6.45) is 2.54. The Balaban J connectivity index is 1.87. The molecule has 1 aromatic heterocycles. The lowest BCUT2D eigenvalue weighted by Crippen LogP contribution is -2.33. The number of aromatic amines is 1. The predicted octanol–water partition coefficient (Wildman–Crippen LogP) is 2.88. The summed E-state index contributed by atoms with van der Waals surface area (Å²) in [7, 11) is 0. The molecule has 24 heavy (non-hydrogen) atoms. The zero-order chi connectivity index (χ0) is 16.9. The SMILES string of the molecule is CCOC(=O)c1n[nH]nc1-c1ccccc1CN1CCCC(C)C1. The van der Waals surface area contributed by atoms with E-state index in [4.69, 9.17) is 4.74 Å². The van der Waals surface area contributed by atoms with E-state index >= 15 is 0 Å². The molecular weight excluding hydrogens is 304 g/mol. The number of H-pyrrole nitrogens is 1. The Morgan fingerprint density at radius 3 is 3.00 bits per heavy atom. The minimum atomic E-state index is -0.442. The van der Waals surface area contributed by atoms with Crippen molar-refractivity contribution < 1.29 is 9.53 Å². The van der Waals surface area contributed by atoms with Crippen LogP contribution in [0, 0.1) is 5.92 Å². The second-order valence-electron chi connectivity index (χ2n) is 6.38. The molecule has 0 spiro atoms. The second kappa shape index (κ2) is 7.57. The second-order valence-corrected chi connectivity index (χ2v) is 6.38. The molecule has 1 aliphatic rings. The van der Waals surface area contributed by atoms with Crippen LogP contribution in [-0.2, 0) is 11.3 Å². The van der Waals surface area contributed by atoms with E-state index in [0.29, 0.717) is 12.3 Å². The number of ether oxygens (including phenoxy) is 1. The van der Waals surface area contributed by atoms with Crippen LogP contribution >= 0.6 is 0 Å². The van der Waals surface area contributed by atoms with Crippen molar-refractivity contribution in [1.82, 2.24) is 20.3 Å². The minimum absolute atomic E-state index is 0.247. The van der Waals surface area contributed by atoms with Crippen molar-refractivity contribution in [1.29, 1.82) is 0 Å². The molecule has 0 amide bonds. The van der Waals surface area contributed by atoms with Gasteiger partial charge >= 0.3 is 5.97 Å². The van der Waals surface area contributed by atoms with E-state index in [9.17, 15) is 4.79 Å². The Bertz CT molecular complexity index is 698. The number of esters is 1. The van der Waals surface area contributed by atoms with Crippen LogP contribution in [0.25, 0.3) is 11.3 Å². The summed E-state index contributed by atoms with van der Waals surface area (Å²) in [5.74, 6) is 0.288. The lowest BCUT2D eigenvalue weighted by Gasteiger charge is -2.31. The highest BCUT2D eigenvalue weighted by Crippen LogP contribution is 2.27. The fraction of sp³-hybridized carbons (Fsp3) is 0.500. The average molecular weight is 328 g/mol. The Hall–Kier alpha value is -2.21. The van der Waals surface area contributed by atoms with Gasteiger partial charge in [0, 0.05) is 18.7 Å². The van der Waals surface area contributed by atoms with Crippen molar-refractivity contribution in [2.75, 3.05) is 19.7 Å². The number of carbonyl (C=O) groups excluding carboxylic acids is 1. The third-order valence-electron chi connectivity index (χ3n) is 4.42. The summed E-state index contributed by atoms with van der Waals surface area (Å²) in [4.78, 5) is 14.6. The van der Waals surface area contributed by atoms with E-state index in [2.05, 4.69) is 33.3 Å². The Morgan fingerprint density at radius 1 is 1.38 bits per heavy atom. The number of aromatic nitrogens is 3. The van der Waals surface area contributed by atoms with Gasteiger partial charge in [0.25, 0.3) is 0 Å². The van der Waals surface area contributed by atoms with E-state index in [1.54, 1.807) is 6.92 Å². The highest BCUT2D eigenvalue weighted by atomic mass is 16.5. The first-order valence-corrected chi connectivity index (χ1v) is 8.57. The maximum atomic E-state index is 12.1. The lowest BCUT2D eigenvalue weighted by molar-refractivity contribution is 0.0520. The summed E-state index contributed by atoms with van der Waals surface area (Å²) in [6.45, 7) is 7.48. The largest absolute Gasteiger partial charge is 0.461 e. The van der Waals surface area contributed by atoms with Gasteiger partial charge in [-0.25, -0.2) is 4.79 Å². The van der Waals surface area contributed by atoms with Crippen LogP contribution in [-0.4, -0.2) is 46.0 Å². The highest BCUT2D eigenvalue weighted by molar-refractivity contribution is 5.94. The third-order valence-corrected chi connectivity index (χ3v) is 4.42. The molecule has 6 nitrogen and oxygen atoms in total. The van der Waals surface area contributed by atoms with Crippen LogP contribution in [0.2, 0.25) is 0 Å². The number of nitrogens with zero attached hydrogens (tertiary/aromatic N) is 3. The number of piperidine rings is 1. The van der Waals surface area contributed by atoms with Gasteiger partial charge in [-0.15, -0.1) is 5.10 Å². The zero-order valence-corrected chi connectivity index (χ0v) is 14.3. The van der Waals surface area contributed by atoms with Gasteiger partial charge in [-0.05, 0) is 37.8 Å². The third kappa shape index (κ3) is 3.64. The molecule has 0 bridgehead atoms. The molecule has 1 fully saturated rings. The van der Waals surface area contributed by atoms with Crippen molar-refractivity contribution in [2.24, 2.45) is 5.92 Å². The van der Waals surface area contributed by atoms with Crippen LogP contribution < -0.4 is 0 Å². The normalized spacial score (nSPS) is 18.5. The lowest BCUT2D eigenvalue weighted by atomic mass is 9.98. The summed E-state index contributed by atoms with van der Waals surface area (Å²) in [5.41, 5.74) is 2.91. The number of hydrogen-bond donors (Lipinski definition) is 1. The zero-order valence-electron chi connectivity index (χ0n) is 14.3. The van der Waals surface area contributed by atoms with Gasteiger partial charge in [0.05, 0.1) is 6.61 Å². The number of benzene rings is 1. The van der Waals surface area contributed by atoms with Crippen LogP contribution in [0.1, 0.15) is 42.7 Å². The minimum Gasteiger partial charge on any atom is -0.461 e. The molecule has 2 aromatic rings. The van der Waals surface area contributed by atoms with E-state index < -0.39 is 5.97 Å². The number of rotatable bonds is 5. The van der Waals surface area contributed by atoms with E-state index in [1.165, 1.54) is 12.8 Å². The summed E-state index contributed by atoms with van der Waals surface area (Å²) < 4.78 is 5.08. The quantitative estimate of drug-likeness (QED) is 0.855. The molecule has 3 rings (SSSR count). The van der Waals surface area contributed by atoms with Crippen LogP contribution in [0.15, 0.2) is 24.3 Å². The van der Waals surface area contributed by atoms with Crippen molar-refractivity contribution in [3.05, 3.63) is 35.5 Å². The molecule has 2 heterocycles. The van der Waals surface area contributed by atoms with E-state index in [0.717, 1.165) is 36.7 Å². The van der Waals surface area contributed by atoms with Gasteiger partial charge in [-0.3, -0.25) is 4.90 Å². The molecule has 1 atom stereocenters. The van der Waals surface area contributed by atoms with Gasteiger partial charge in [0.2, 0.25) is 0 Å². The maximum Gasteiger partial charge on any atom is 0.361 e. The van der Waals surface area contributed by atoms with Gasteiger partial charge in [-0.2, -0.15) is 10.3 Å². The molecule has 0 aliphatic carbocycles. The van der Waals surface area contributed by atoms with Gasteiger partial charge in [0.15, 0.2) is 5.69 Å². The fourth-order valence-electron chi connectivity index (χ4n) is 3.32. The molecule has 1 aliphatic heterocycles. The molecule has 0 radical (unpaired) electrons. The summed E-state index contributed by atoms with van der Waals surface area (Å²) in [6, 6.07) is 8.07. The standard InChI is InChI=1S/C18H24N4O2/c1-3-24-18(23)17-16(19-21-20-17)15-9-5-4-8-14(15)12-22-10-6-7-13(2)11-22/h4-5,8-9,13H,3,6-7,10-12H2,1-2H3,(H,19,20,21). The number of hydrogen-bond acceptors (Lipinski definition) is 5. The first-order chi connectivity index (χ1) is 11.7. The van der Waals surface area contributed by atoms with Crippen molar-refractivity contribution in [2.45, 2.75) is 33.2 Å². The number of likely N-dealkylation sites (tertiary alicyclic amines) is 1. The predicted molar refractivity (Wildman–Crippen MR) is 91.5 cm³/mol. The van der Waals surface area contributed by atoms with Gasteiger partial charge in [0.1, 0.15) is 5.69 Å². The first-order valence-electron chi connectivity index (χ1n) is 8.57. The average Bonchev–Trinajstić information content (AvgIpc) is 3.05. The number of nitrogens with one attached hydrogen (secondary N) is 1.